The van der Waals surface area contributed by atoms with Gasteiger partial charge in [0.1, 0.15) is 0 Å². The quantitative estimate of drug-likeness (QED) is 0.589. The van der Waals surface area contributed by atoms with E-state index >= 15 is 0 Å². The van der Waals surface area contributed by atoms with Crippen molar-refractivity contribution in [3.8, 4) is 11.3 Å². The van der Waals surface area contributed by atoms with Gasteiger partial charge in [-0.05, 0) is 24.1 Å². The number of rotatable bonds is 0. The Balaban J connectivity index is 2.26. The minimum Gasteiger partial charge on any atom is -0.198 e. The molecule has 0 saturated carbocycles. The summed E-state index contributed by atoms with van der Waals surface area (Å²) < 4.78 is 2.37. The molecular formula is C15H16N+. The summed E-state index contributed by atoms with van der Waals surface area (Å²) >= 11 is 0. The third kappa shape index (κ3) is 1.53. The summed E-state index contributed by atoms with van der Waals surface area (Å²) in [6.07, 6.45) is 3.37. The molecule has 1 aromatic heterocycles. The van der Waals surface area contributed by atoms with Crippen molar-refractivity contribution in [3.63, 3.8) is 0 Å². The van der Waals surface area contributed by atoms with Gasteiger partial charge < -0.3 is 0 Å². The number of hydrogen-bond acceptors (Lipinski definition) is 0. The van der Waals surface area contributed by atoms with Crippen molar-refractivity contribution in [2.45, 2.75) is 19.9 Å². The lowest BCUT2D eigenvalue weighted by molar-refractivity contribution is -0.691. The summed E-state index contributed by atoms with van der Waals surface area (Å²) in [6.45, 7) is 3.44. The molecule has 0 fully saturated rings. The lowest BCUT2D eigenvalue weighted by Crippen LogP contribution is -2.37. The van der Waals surface area contributed by atoms with E-state index in [1.54, 1.807) is 0 Å². The van der Waals surface area contributed by atoms with Crippen molar-refractivity contribution in [2.75, 3.05) is 0 Å². The molecule has 1 unspecified atom stereocenters. The van der Waals surface area contributed by atoms with E-state index in [9.17, 15) is 0 Å². The molecule has 0 spiro atoms. The SMILES string of the molecule is CC1Cc2ccccc2-c2cccc[n+]2C1. The molecule has 80 valence electrons. The highest BCUT2D eigenvalue weighted by atomic mass is 15.0. The van der Waals surface area contributed by atoms with Crippen LogP contribution in [0, 0.1) is 5.92 Å². The van der Waals surface area contributed by atoms with Crippen LogP contribution in [0.1, 0.15) is 12.5 Å². The summed E-state index contributed by atoms with van der Waals surface area (Å²) in [5.41, 5.74) is 4.22. The second-order valence-electron chi connectivity index (χ2n) is 4.70. The van der Waals surface area contributed by atoms with E-state index in [4.69, 9.17) is 0 Å². The Kier molecular flexibility index (Phi) is 2.24. The van der Waals surface area contributed by atoms with Crippen LogP contribution in [0.15, 0.2) is 48.7 Å². The van der Waals surface area contributed by atoms with Crippen molar-refractivity contribution >= 4 is 0 Å². The molecule has 0 amide bonds. The smallest absolute Gasteiger partial charge is 0.198 e. The minimum absolute atomic E-state index is 0.704. The van der Waals surface area contributed by atoms with Gasteiger partial charge in [-0.1, -0.05) is 25.1 Å². The van der Waals surface area contributed by atoms with E-state index in [2.05, 4.69) is 60.2 Å². The fourth-order valence-electron chi connectivity index (χ4n) is 2.60. The first-order valence-electron chi connectivity index (χ1n) is 5.91. The molecule has 1 aliphatic heterocycles. The zero-order valence-corrected chi connectivity index (χ0v) is 9.56. The standard InChI is InChI=1S/C15H16N/c1-12-10-13-6-2-3-7-14(13)15-8-4-5-9-16(15)11-12/h2-9,12H,10-11H2,1H3/q+1. The molecule has 1 aliphatic rings. The van der Waals surface area contributed by atoms with Crippen LogP contribution in [0.5, 0.6) is 0 Å². The van der Waals surface area contributed by atoms with Gasteiger partial charge in [-0.25, -0.2) is 0 Å². The maximum Gasteiger partial charge on any atom is 0.212 e. The van der Waals surface area contributed by atoms with E-state index in [1.165, 1.54) is 23.2 Å². The predicted molar refractivity (Wildman–Crippen MR) is 64.9 cm³/mol. The first-order valence-corrected chi connectivity index (χ1v) is 5.91. The van der Waals surface area contributed by atoms with E-state index < -0.39 is 0 Å². The molecule has 2 heterocycles. The first kappa shape index (κ1) is 9.59. The number of nitrogens with zero attached hydrogens (tertiary/aromatic N) is 1. The fraction of sp³-hybridized carbons (Fsp3) is 0.267. The second-order valence-corrected chi connectivity index (χ2v) is 4.70. The van der Waals surface area contributed by atoms with Crippen LogP contribution >= 0.6 is 0 Å². The van der Waals surface area contributed by atoms with Gasteiger partial charge in [0.15, 0.2) is 12.7 Å². The Hall–Kier alpha value is -1.63. The molecule has 3 rings (SSSR count). The summed E-state index contributed by atoms with van der Waals surface area (Å²) in [5, 5.41) is 0. The van der Waals surface area contributed by atoms with Crippen LogP contribution in [0.4, 0.5) is 0 Å². The van der Waals surface area contributed by atoms with Crippen molar-refractivity contribution in [1.82, 2.24) is 0 Å². The molecule has 2 aromatic rings. The van der Waals surface area contributed by atoms with Gasteiger partial charge in [0, 0.05) is 23.6 Å². The first-order chi connectivity index (χ1) is 7.84. The maximum atomic E-state index is 2.37. The van der Waals surface area contributed by atoms with E-state index in [0.717, 1.165) is 6.54 Å². The van der Waals surface area contributed by atoms with E-state index in [-0.39, 0.29) is 0 Å². The van der Waals surface area contributed by atoms with Crippen LogP contribution in [-0.4, -0.2) is 0 Å². The molecule has 0 saturated heterocycles. The van der Waals surface area contributed by atoms with Crippen LogP contribution in [0.2, 0.25) is 0 Å². The molecule has 1 atom stereocenters. The summed E-state index contributed by atoms with van der Waals surface area (Å²) in [6, 6.07) is 15.2. The Bertz CT molecular complexity index is 469. The molecular weight excluding hydrogens is 194 g/mol. The molecule has 1 nitrogen and oxygen atoms in total. The zero-order chi connectivity index (χ0) is 11.0. The minimum atomic E-state index is 0.704. The molecule has 1 aromatic carbocycles. The largest absolute Gasteiger partial charge is 0.212 e. The number of aromatic nitrogens is 1. The molecule has 0 N–H and O–H groups in total. The van der Waals surface area contributed by atoms with Gasteiger partial charge in [0.25, 0.3) is 0 Å². The van der Waals surface area contributed by atoms with Gasteiger partial charge in [-0.15, -0.1) is 0 Å². The number of hydrogen-bond donors (Lipinski definition) is 0. The third-order valence-electron chi connectivity index (χ3n) is 3.31. The van der Waals surface area contributed by atoms with Gasteiger partial charge in [-0.3, -0.25) is 0 Å². The van der Waals surface area contributed by atoms with Crippen LogP contribution < -0.4 is 4.57 Å². The Morgan fingerprint density at radius 3 is 2.81 bits per heavy atom. The molecule has 0 bridgehead atoms. The normalized spacial score (nSPS) is 18.4. The van der Waals surface area contributed by atoms with Crippen LogP contribution in [0.25, 0.3) is 11.3 Å². The van der Waals surface area contributed by atoms with E-state index in [1.807, 2.05) is 0 Å². The van der Waals surface area contributed by atoms with Crippen molar-refractivity contribution in [1.29, 1.82) is 0 Å². The highest BCUT2D eigenvalue weighted by Gasteiger charge is 2.23. The van der Waals surface area contributed by atoms with Crippen LogP contribution in [0.3, 0.4) is 0 Å². The molecule has 16 heavy (non-hydrogen) atoms. The Morgan fingerprint density at radius 2 is 1.88 bits per heavy atom. The van der Waals surface area contributed by atoms with Gasteiger partial charge in [0.2, 0.25) is 5.69 Å². The average Bonchev–Trinajstić information content (AvgIpc) is 2.44. The fourth-order valence-corrected chi connectivity index (χ4v) is 2.60. The second kappa shape index (κ2) is 3.75. The lowest BCUT2D eigenvalue weighted by Gasteiger charge is -2.04. The average molecular weight is 210 g/mol. The predicted octanol–water partition coefficient (Wildman–Crippen LogP) is 2.83. The van der Waals surface area contributed by atoms with Gasteiger partial charge in [0.05, 0.1) is 0 Å². The number of benzene rings is 1. The Morgan fingerprint density at radius 1 is 1.06 bits per heavy atom. The van der Waals surface area contributed by atoms with Crippen molar-refractivity contribution in [2.24, 2.45) is 5.92 Å². The van der Waals surface area contributed by atoms with Gasteiger partial charge >= 0.3 is 0 Å². The third-order valence-corrected chi connectivity index (χ3v) is 3.31. The highest BCUT2D eigenvalue weighted by Crippen LogP contribution is 2.25. The zero-order valence-electron chi connectivity index (χ0n) is 9.56. The molecule has 0 radical (unpaired) electrons. The number of fused-ring (bicyclic) bond motifs is 3. The van der Waals surface area contributed by atoms with Crippen molar-refractivity contribution < 1.29 is 4.57 Å². The summed E-state index contributed by atoms with van der Waals surface area (Å²) in [4.78, 5) is 0. The van der Waals surface area contributed by atoms with Crippen LogP contribution in [-0.2, 0) is 13.0 Å². The lowest BCUT2D eigenvalue weighted by atomic mass is 9.97. The highest BCUT2D eigenvalue weighted by molar-refractivity contribution is 5.61. The van der Waals surface area contributed by atoms with E-state index in [0.29, 0.717) is 5.92 Å². The molecule has 0 aliphatic carbocycles. The number of pyridine rings is 1. The topological polar surface area (TPSA) is 3.88 Å². The monoisotopic (exact) mass is 210 g/mol. The summed E-state index contributed by atoms with van der Waals surface area (Å²) in [7, 11) is 0. The van der Waals surface area contributed by atoms with Gasteiger partial charge in [-0.2, -0.15) is 4.57 Å². The molecule has 1 heteroatoms. The maximum absolute atomic E-state index is 2.37. The Labute approximate surface area is 96.4 Å². The summed E-state index contributed by atoms with van der Waals surface area (Å²) in [5.74, 6) is 0.704. The van der Waals surface area contributed by atoms with Crippen molar-refractivity contribution in [3.05, 3.63) is 54.2 Å².